The number of benzene rings is 1. The largest absolute Gasteiger partial charge is 0.322 e. The lowest BCUT2D eigenvalue weighted by Gasteiger charge is -2.11. The zero-order valence-corrected chi connectivity index (χ0v) is 16.0. The monoisotopic (exact) mass is 401 g/mol. The fourth-order valence-corrected chi connectivity index (χ4v) is 2.83. The molecule has 1 atom stereocenters. The van der Waals surface area contributed by atoms with E-state index in [1.54, 1.807) is 17.1 Å². The Hall–Kier alpha value is -2.41. The third-order valence-electron chi connectivity index (χ3n) is 3.96. The van der Waals surface area contributed by atoms with Crippen molar-refractivity contribution in [1.29, 1.82) is 0 Å². The summed E-state index contributed by atoms with van der Waals surface area (Å²) in [6.07, 6.45) is 5.29. The summed E-state index contributed by atoms with van der Waals surface area (Å²) in [6, 6.07) is 7.87. The molecule has 0 aliphatic rings. The minimum Gasteiger partial charge on any atom is -0.322 e. The van der Waals surface area contributed by atoms with Crippen LogP contribution in [0.15, 0.2) is 47.3 Å². The van der Waals surface area contributed by atoms with Crippen LogP contribution in [-0.4, -0.2) is 25.5 Å². The Labute approximate surface area is 155 Å². The first kappa shape index (κ1) is 17.4. The maximum Gasteiger partial charge on any atom is 0.249 e. The topological polar surface area (TPSA) is 64.7 Å². The molecule has 0 spiro atoms. The first-order valence-corrected chi connectivity index (χ1v) is 8.82. The second-order valence-electron chi connectivity index (χ2n) is 6.12. The van der Waals surface area contributed by atoms with Crippen LogP contribution < -0.4 is 5.32 Å². The Balaban J connectivity index is 1.65. The van der Waals surface area contributed by atoms with Gasteiger partial charge in [0.2, 0.25) is 5.91 Å². The molecule has 0 radical (unpaired) electrons. The van der Waals surface area contributed by atoms with E-state index in [0.717, 1.165) is 10.2 Å². The lowest BCUT2D eigenvalue weighted by molar-refractivity contribution is -0.119. The number of nitrogens with one attached hydrogen (secondary N) is 1. The molecule has 0 fully saturated rings. The number of aromatic nitrogens is 4. The van der Waals surface area contributed by atoms with Gasteiger partial charge in [0.25, 0.3) is 0 Å². The molecular formula is C18H20BrN5O. The summed E-state index contributed by atoms with van der Waals surface area (Å²) >= 11 is 3.41. The Kier molecular flexibility index (Phi) is 5.03. The molecule has 2 heterocycles. The van der Waals surface area contributed by atoms with Gasteiger partial charge in [-0.25, -0.2) is 0 Å². The predicted molar refractivity (Wildman–Crippen MR) is 101 cm³/mol. The Bertz CT molecular complexity index is 879. The Morgan fingerprint density at radius 1 is 1.32 bits per heavy atom. The van der Waals surface area contributed by atoms with Gasteiger partial charge < -0.3 is 5.32 Å². The van der Waals surface area contributed by atoms with Crippen LogP contribution in [0.5, 0.6) is 0 Å². The Morgan fingerprint density at radius 2 is 2.12 bits per heavy atom. The van der Waals surface area contributed by atoms with Gasteiger partial charge >= 0.3 is 0 Å². The van der Waals surface area contributed by atoms with Gasteiger partial charge in [0.05, 0.1) is 28.6 Å². The lowest BCUT2D eigenvalue weighted by Crippen LogP contribution is -2.23. The predicted octanol–water partition coefficient (Wildman–Crippen LogP) is 3.71. The number of carbonyl (C=O) groups excluding carboxylic acids is 1. The van der Waals surface area contributed by atoms with Crippen molar-refractivity contribution in [3.63, 3.8) is 0 Å². The van der Waals surface area contributed by atoms with E-state index in [2.05, 4.69) is 56.6 Å². The highest BCUT2D eigenvalue weighted by atomic mass is 79.9. The summed E-state index contributed by atoms with van der Waals surface area (Å²) in [6.45, 7) is 6.43. The first-order chi connectivity index (χ1) is 11.9. The van der Waals surface area contributed by atoms with Gasteiger partial charge in [0.1, 0.15) is 6.04 Å². The van der Waals surface area contributed by atoms with E-state index in [-0.39, 0.29) is 5.91 Å². The molecule has 0 saturated carbocycles. The zero-order valence-electron chi connectivity index (χ0n) is 14.4. The van der Waals surface area contributed by atoms with Gasteiger partial charge in [-0.15, -0.1) is 0 Å². The van der Waals surface area contributed by atoms with E-state index in [0.29, 0.717) is 12.2 Å². The average Bonchev–Trinajstić information content (AvgIpc) is 3.13. The van der Waals surface area contributed by atoms with Gasteiger partial charge in [-0.05, 0) is 42.3 Å². The molecule has 0 bridgehead atoms. The minimum atomic E-state index is -0.412. The number of hydrogen-bond acceptors (Lipinski definition) is 3. The summed E-state index contributed by atoms with van der Waals surface area (Å²) in [5, 5.41) is 11.5. The number of nitrogens with zero attached hydrogens (tertiary/aromatic N) is 4. The van der Waals surface area contributed by atoms with E-state index in [4.69, 9.17) is 0 Å². The van der Waals surface area contributed by atoms with Crippen molar-refractivity contribution in [2.24, 2.45) is 0 Å². The zero-order chi connectivity index (χ0) is 18.0. The van der Waals surface area contributed by atoms with E-state index in [1.807, 2.05) is 30.8 Å². The summed E-state index contributed by atoms with van der Waals surface area (Å²) in [7, 11) is 0. The maximum absolute atomic E-state index is 12.4. The van der Waals surface area contributed by atoms with Gasteiger partial charge in [0, 0.05) is 12.4 Å². The van der Waals surface area contributed by atoms with Crippen LogP contribution in [0.1, 0.15) is 29.8 Å². The van der Waals surface area contributed by atoms with Crippen molar-refractivity contribution in [1.82, 2.24) is 19.6 Å². The molecule has 130 valence electrons. The van der Waals surface area contributed by atoms with Crippen molar-refractivity contribution in [3.8, 4) is 0 Å². The molecule has 3 aromatic rings. The normalized spacial score (nSPS) is 12.2. The van der Waals surface area contributed by atoms with E-state index < -0.39 is 6.04 Å². The van der Waals surface area contributed by atoms with E-state index in [9.17, 15) is 4.79 Å². The number of aryl methyl sites for hydroxylation is 2. The highest BCUT2D eigenvalue weighted by Gasteiger charge is 2.17. The second kappa shape index (κ2) is 7.23. The van der Waals surface area contributed by atoms with Crippen LogP contribution >= 0.6 is 15.9 Å². The second-order valence-corrected chi connectivity index (χ2v) is 6.98. The number of amides is 1. The molecule has 1 amide bonds. The van der Waals surface area contributed by atoms with Crippen LogP contribution in [0.4, 0.5) is 5.69 Å². The van der Waals surface area contributed by atoms with Crippen molar-refractivity contribution in [2.75, 3.05) is 5.32 Å². The molecule has 0 aliphatic carbocycles. The van der Waals surface area contributed by atoms with Crippen LogP contribution in [0.2, 0.25) is 0 Å². The highest BCUT2D eigenvalue weighted by Crippen LogP contribution is 2.18. The molecule has 0 aliphatic heterocycles. The molecule has 25 heavy (non-hydrogen) atoms. The summed E-state index contributed by atoms with van der Waals surface area (Å²) in [5.74, 6) is -0.134. The fraction of sp³-hybridized carbons (Fsp3) is 0.278. The summed E-state index contributed by atoms with van der Waals surface area (Å²) < 4.78 is 4.34. The van der Waals surface area contributed by atoms with Crippen LogP contribution in [0.3, 0.4) is 0 Å². The highest BCUT2D eigenvalue weighted by molar-refractivity contribution is 9.10. The number of hydrogen-bond donors (Lipinski definition) is 1. The van der Waals surface area contributed by atoms with Gasteiger partial charge in [-0.1, -0.05) is 29.8 Å². The molecule has 1 unspecified atom stereocenters. The first-order valence-electron chi connectivity index (χ1n) is 8.02. The SMILES string of the molecule is Cc1cccc(Cn2cc(NC(=O)C(C)n3cc(Br)c(C)n3)cn2)c1. The molecule has 1 N–H and O–H groups in total. The minimum absolute atomic E-state index is 0.134. The number of halogens is 1. The van der Waals surface area contributed by atoms with E-state index >= 15 is 0 Å². The summed E-state index contributed by atoms with van der Waals surface area (Å²) in [4.78, 5) is 12.4. The number of carbonyl (C=O) groups is 1. The van der Waals surface area contributed by atoms with Crippen molar-refractivity contribution < 1.29 is 4.79 Å². The Morgan fingerprint density at radius 3 is 2.80 bits per heavy atom. The van der Waals surface area contributed by atoms with E-state index in [1.165, 1.54) is 11.1 Å². The van der Waals surface area contributed by atoms with Gasteiger partial charge in [-0.3, -0.25) is 14.2 Å². The lowest BCUT2D eigenvalue weighted by atomic mass is 10.1. The average molecular weight is 402 g/mol. The van der Waals surface area contributed by atoms with Gasteiger partial charge in [-0.2, -0.15) is 10.2 Å². The van der Waals surface area contributed by atoms with Gasteiger partial charge in [0.15, 0.2) is 0 Å². The van der Waals surface area contributed by atoms with Crippen LogP contribution in [0, 0.1) is 13.8 Å². The fourth-order valence-electron chi connectivity index (χ4n) is 2.54. The number of anilines is 1. The van der Waals surface area contributed by atoms with Crippen LogP contribution in [0.25, 0.3) is 0 Å². The quantitative estimate of drug-likeness (QED) is 0.708. The van der Waals surface area contributed by atoms with Crippen LogP contribution in [-0.2, 0) is 11.3 Å². The molecule has 6 nitrogen and oxygen atoms in total. The molecule has 2 aromatic heterocycles. The molecule has 7 heteroatoms. The van der Waals surface area contributed by atoms with Crippen molar-refractivity contribution in [3.05, 3.63) is 64.1 Å². The molecule has 3 rings (SSSR count). The summed E-state index contributed by atoms with van der Waals surface area (Å²) in [5.41, 5.74) is 3.91. The molecule has 1 aromatic carbocycles. The van der Waals surface area contributed by atoms with Crippen molar-refractivity contribution >= 4 is 27.5 Å². The maximum atomic E-state index is 12.4. The third kappa shape index (κ3) is 4.17. The van der Waals surface area contributed by atoms with Crippen molar-refractivity contribution in [2.45, 2.75) is 33.4 Å². The smallest absolute Gasteiger partial charge is 0.249 e. The number of rotatable bonds is 5. The third-order valence-corrected chi connectivity index (χ3v) is 4.74. The molecule has 0 saturated heterocycles. The molecular weight excluding hydrogens is 382 g/mol. The standard InChI is InChI=1S/C18H20BrN5O/c1-12-5-4-6-15(7-12)9-23-10-16(8-20-23)21-18(25)14(3)24-11-17(19)13(2)22-24/h4-8,10-11,14H,9H2,1-3H3,(H,21,25).